The minimum Gasteiger partial charge on any atom is -0.372 e. The average Bonchev–Trinajstić information content (AvgIpc) is 2.30. The van der Waals surface area contributed by atoms with E-state index in [1.54, 1.807) is 19.4 Å². The van der Waals surface area contributed by atoms with Crippen molar-refractivity contribution in [2.75, 3.05) is 32.0 Å². The molecule has 1 fully saturated rings. The van der Waals surface area contributed by atoms with Crippen LogP contribution in [0.2, 0.25) is 0 Å². The maximum atomic E-state index is 11.2. The van der Waals surface area contributed by atoms with Gasteiger partial charge >= 0.3 is 0 Å². The molecular weight excluding hydrogens is 206 g/mol. The highest BCUT2D eigenvalue weighted by Crippen LogP contribution is 2.04. The molecule has 0 aliphatic carbocycles. The van der Waals surface area contributed by atoms with E-state index in [9.17, 15) is 4.79 Å². The molecule has 6 heteroatoms. The van der Waals surface area contributed by atoms with Crippen molar-refractivity contribution in [3.8, 4) is 0 Å². The summed E-state index contributed by atoms with van der Waals surface area (Å²) in [5, 5.41) is 5.70. The van der Waals surface area contributed by atoms with Gasteiger partial charge in [-0.15, -0.1) is 0 Å². The minimum atomic E-state index is 0.0751. The number of carbonyl (C=O) groups excluding carboxylic acids is 1. The van der Waals surface area contributed by atoms with Crippen LogP contribution in [-0.2, 0) is 11.3 Å². The summed E-state index contributed by atoms with van der Waals surface area (Å²) >= 11 is 0. The van der Waals surface area contributed by atoms with Gasteiger partial charge < -0.3 is 10.6 Å². The SMILES string of the molecule is CNc1cnc(CN2CCNC(=O)C2)cn1. The van der Waals surface area contributed by atoms with Crippen molar-refractivity contribution >= 4 is 11.7 Å². The Morgan fingerprint density at radius 3 is 3.00 bits per heavy atom. The molecule has 16 heavy (non-hydrogen) atoms. The summed E-state index contributed by atoms with van der Waals surface area (Å²) in [5.74, 6) is 0.825. The second kappa shape index (κ2) is 4.89. The summed E-state index contributed by atoms with van der Waals surface area (Å²) in [6.07, 6.45) is 3.43. The van der Waals surface area contributed by atoms with Crippen LogP contribution in [0.3, 0.4) is 0 Å². The van der Waals surface area contributed by atoms with Gasteiger partial charge in [-0.2, -0.15) is 0 Å². The fraction of sp³-hybridized carbons (Fsp3) is 0.500. The summed E-state index contributed by atoms with van der Waals surface area (Å²) in [6.45, 7) is 2.68. The first-order valence-electron chi connectivity index (χ1n) is 5.25. The van der Waals surface area contributed by atoms with E-state index in [1.807, 2.05) is 0 Å². The summed E-state index contributed by atoms with van der Waals surface area (Å²) < 4.78 is 0. The predicted octanol–water partition coefficient (Wildman–Crippen LogP) is -0.550. The third-order valence-electron chi connectivity index (χ3n) is 2.46. The number of piperazine rings is 1. The smallest absolute Gasteiger partial charge is 0.234 e. The third-order valence-corrected chi connectivity index (χ3v) is 2.46. The van der Waals surface area contributed by atoms with Crippen LogP contribution in [0, 0.1) is 0 Å². The van der Waals surface area contributed by atoms with Crippen molar-refractivity contribution in [2.45, 2.75) is 6.54 Å². The van der Waals surface area contributed by atoms with Crippen LogP contribution in [0.4, 0.5) is 5.82 Å². The Morgan fingerprint density at radius 1 is 1.50 bits per heavy atom. The number of nitrogens with one attached hydrogen (secondary N) is 2. The fourth-order valence-electron chi connectivity index (χ4n) is 1.62. The van der Waals surface area contributed by atoms with Crippen LogP contribution in [0.15, 0.2) is 12.4 Å². The van der Waals surface area contributed by atoms with Crippen LogP contribution in [-0.4, -0.2) is 47.5 Å². The average molecular weight is 221 g/mol. The molecule has 0 radical (unpaired) electrons. The number of nitrogens with zero attached hydrogens (tertiary/aromatic N) is 3. The number of amides is 1. The zero-order valence-corrected chi connectivity index (χ0v) is 9.23. The van der Waals surface area contributed by atoms with Crippen molar-refractivity contribution in [1.29, 1.82) is 0 Å². The van der Waals surface area contributed by atoms with E-state index >= 15 is 0 Å². The highest BCUT2D eigenvalue weighted by molar-refractivity contribution is 5.78. The molecule has 1 amide bonds. The van der Waals surface area contributed by atoms with Crippen molar-refractivity contribution in [3.05, 3.63) is 18.1 Å². The van der Waals surface area contributed by atoms with Crippen LogP contribution >= 0.6 is 0 Å². The van der Waals surface area contributed by atoms with E-state index < -0.39 is 0 Å². The molecule has 6 nitrogen and oxygen atoms in total. The number of hydrogen-bond acceptors (Lipinski definition) is 5. The summed E-state index contributed by atoms with van der Waals surface area (Å²) in [5.41, 5.74) is 0.883. The van der Waals surface area contributed by atoms with Crippen LogP contribution in [0.5, 0.6) is 0 Å². The molecule has 0 unspecified atom stereocenters. The number of anilines is 1. The number of carbonyl (C=O) groups is 1. The minimum absolute atomic E-state index is 0.0751. The van der Waals surface area contributed by atoms with Gasteiger partial charge in [0, 0.05) is 26.7 Å². The van der Waals surface area contributed by atoms with Crippen molar-refractivity contribution < 1.29 is 4.79 Å². The first kappa shape index (κ1) is 10.8. The Morgan fingerprint density at radius 2 is 2.38 bits per heavy atom. The van der Waals surface area contributed by atoms with E-state index in [0.717, 1.165) is 18.1 Å². The van der Waals surface area contributed by atoms with Crippen LogP contribution in [0.1, 0.15) is 5.69 Å². The molecule has 0 aromatic carbocycles. The van der Waals surface area contributed by atoms with Gasteiger partial charge in [0.05, 0.1) is 24.6 Å². The standard InChI is InChI=1S/C10H15N5O/c1-11-9-5-13-8(4-14-9)6-15-3-2-12-10(16)7-15/h4-5H,2-3,6-7H2,1H3,(H,11,14)(H,12,16). The van der Waals surface area contributed by atoms with E-state index in [1.165, 1.54) is 0 Å². The normalized spacial score (nSPS) is 16.9. The maximum absolute atomic E-state index is 11.2. The van der Waals surface area contributed by atoms with Gasteiger partial charge in [-0.3, -0.25) is 14.7 Å². The van der Waals surface area contributed by atoms with Gasteiger partial charge in [0.25, 0.3) is 0 Å². The monoisotopic (exact) mass is 221 g/mol. The van der Waals surface area contributed by atoms with Gasteiger partial charge in [0.15, 0.2) is 0 Å². The molecule has 1 aliphatic heterocycles. The number of hydrogen-bond donors (Lipinski definition) is 2. The number of aromatic nitrogens is 2. The van der Waals surface area contributed by atoms with Crippen molar-refractivity contribution in [2.24, 2.45) is 0 Å². The zero-order valence-electron chi connectivity index (χ0n) is 9.23. The predicted molar refractivity (Wildman–Crippen MR) is 59.9 cm³/mol. The number of rotatable bonds is 3. The van der Waals surface area contributed by atoms with Gasteiger partial charge in [-0.1, -0.05) is 0 Å². The lowest BCUT2D eigenvalue weighted by molar-refractivity contribution is -0.124. The van der Waals surface area contributed by atoms with Crippen molar-refractivity contribution in [1.82, 2.24) is 20.2 Å². The van der Waals surface area contributed by atoms with Crippen LogP contribution < -0.4 is 10.6 Å². The third kappa shape index (κ3) is 2.66. The Bertz CT molecular complexity index is 364. The lowest BCUT2D eigenvalue weighted by atomic mass is 10.3. The summed E-state index contributed by atoms with van der Waals surface area (Å²) in [4.78, 5) is 21.7. The van der Waals surface area contributed by atoms with Gasteiger partial charge in [-0.05, 0) is 0 Å². The summed E-state index contributed by atoms with van der Waals surface area (Å²) in [6, 6.07) is 0. The highest BCUT2D eigenvalue weighted by atomic mass is 16.2. The second-order valence-corrected chi connectivity index (χ2v) is 3.70. The molecule has 86 valence electrons. The lowest BCUT2D eigenvalue weighted by Gasteiger charge is -2.25. The Balaban J connectivity index is 1.94. The molecule has 1 aliphatic rings. The molecule has 0 bridgehead atoms. The Labute approximate surface area is 94.1 Å². The van der Waals surface area contributed by atoms with E-state index in [2.05, 4.69) is 25.5 Å². The molecule has 1 aromatic rings. The van der Waals surface area contributed by atoms with Gasteiger partial charge in [-0.25, -0.2) is 4.98 Å². The maximum Gasteiger partial charge on any atom is 0.234 e. The van der Waals surface area contributed by atoms with E-state index in [4.69, 9.17) is 0 Å². The fourth-order valence-corrected chi connectivity index (χ4v) is 1.62. The molecular formula is C10H15N5O. The molecule has 1 saturated heterocycles. The van der Waals surface area contributed by atoms with E-state index in [0.29, 0.717) is 19.6 Å². The molecule has 0 spiro atoms. The molecule has 1 aromatic heterocycles. The highest BCUT2D eigenvalue weighted by Gasteiger charge is 2.16. The first-order valence-corrected chi connectivity index (χ1v) is 5.25. The molecule has 2 rings (SSSR count). The van der Waals surface area contributed by atoms with Gasteiger partial charge in [0.2, 0.25) is 5.91 Å². The molecule has 2 N–H and O–H groups in total. The quantitative estimate of drug-likeness (QED) is 0.716. The molecule has 0 saturated carbocycles. The second-order valence-electron chi connectivity index (χ2n) is 3.70. The van der Waals surface area contributed by atoms with Gasteiger partial charge in [0.1, 0.15) is 5.82 Å². The first-order chi connectivity index (χ1) is 7.78. The summed E-state index contributed by atoms with van der Waals surface area (Å²) in [7, 11) is 1.80. The largest absolute Gasteiger partial charge is 0.372 e. The molecule has 2 heterocycles. The van der Waals surface area contributed by atoms with Crippen molar-refractivity contribution in [3.63, 3.8) is 0 Å². The zero-order chi connectivity index (χ0) is 11.4. The van der Waals surface area contributed by atoms with Crippen LogP contribution in [0.25, 0.3) is 0 Å². The Kier molecular flexibility index (Phi) is 3.31. The van der Waals surface area contributed by atoms with E-state index in [-0.39, 0.29) is 5.91 Å². The lowest BCUT2D eigenvalue weighted by Crippen LogP contribution is -2.47. The molecule has 0 atom stereocenters. The Hall–Kier alpha value is -1.69. The topological polar surface area (TPSA) is 70.2 Å².